The number of carbonyl (C=O) groups is 2. The summed E-state index contributed by atoms with van der Waals surface area (Å²) in [5.41, 5.74) is 1.38. The van der Waals surface area contributed by atoms with Crippen molar-refractivity contribution in [3.05, 3.63) is 69.6 Å². The fourth-order valence-electron chi connectivity index (χ4n) is 3.85. The van der Waals surface area contributed by atoms with Gasteiger partial charge in [0, 0.05) is 19.3 Å². The number of hydrogen-bond donors (Lipinski definition) is 1. The molecule has 1 N–H and O–H groups in total. The molecule has 0 spiro atoms. The minimum Gasteiger partial charge on any atom is -0.490 e. The fourth-order valence-corrected chi connectivity index (χ4v) is 4.75. The molecule has 0 fully saturated rings. The van der Waals surface area contributed by atoms with Crippen LogP contribution in [0, 0.1) is 6.92 Å². The number of ether oxygens (including phenoxy) is 1. The van der Waals surface area contributed by atoms with E-state index < -0.39 is 23.3 Å². The lowest BCUT2D eigenvalue weighted by molar-refractivity contribution is -0.192. The average molecular weight is 604 g/mol. The molecule has 218 valence electrons. The summed E-state index contributed by atoms with van der Waals surface area (Å²) in [7, 11) is 0. The number of imidazole rings is 1. The molecule has 0 saturated carbocycles. The van der Waals surface area contributed by atoms with E-state index in [1.807, 2.05) is 6.92 Å². The highest BCUT2D eigenvalue weighted by atomic mass is 32.1. The monoisotopic (exact) mass is 603 g/mol. The van der Waals surface area contributed by atoms with Crippen LogP contribution < -0.4 is 10.3 Å². The summed E-state index contributed by atoms with van der Waals surface area (Å²) < 4.78 is 79.8. The number of aromatic nitrogens is 4. The number of carbonyl (C=O) groups excluding carboxylic acids is 1. The molecule has 0 unspecified atom stereocenters. The third kappa shape index (κ3) is 6.50. The highest BCUT2D eigenvalue weighted by molar-refractivity contribution is 7.19. The first-order valence-electron chi connectivity index (χ1n) is 11.6. The Balaban J connectivity index is 0.000000493. The molecular formula is C24H19F6N5O5S. The van der Waals surface area contributed by atoms with Crippen molar-refractivity contribution in [2.45, 2.75) is 25.8 Å². The van der Waals surface area contributed by atoms with E-state index in [2.05, 4.69) is 9.97 Å². The molecule has 0 radical (unpaired) electrons. The number of thiazole rings is 1. The van der Waals surface area contributed by atoms with Crippen LogP contribution in [0.5, 0.6) is 5.75 Å². The minimum atomic E-state index is -5.08. The molecule has 10 nitrogen and oxygen atoms in total. The number of halogens is 6. The zero-order valence-electron chi connectivity index (χ0n) is 20.9. The maximum absolute atomic E-state index is 13.0. The summed E-state index contributed by atoms with van der Waals surface area (Å²) in [4.78, 5) is 44.1. The summed E-state index contributed by atoms with van der Waals surface area (Å²) in [5.74, 6) is -2.78. The number of pyridine rings is 1. The zero-order valence-corrected chi connectivity index (χ0v) is 21.7. The van der Waals surface area contributed by atoms with Gasteiger partial charge in [-0.15, -0.1) is 11.3 Å². The van der Waals surface area contributed by atoms with Crippen LogP contribution in [0.1, 0.15) is 21.2 Å². The summed E-state index contributed by atoms with van der Waals surface area (Å²) in [5, 5.41) is 6.19. The molecule has 17 heteroatoms. The van der Waals surface area contributed by atoms with Crippen LogP contribution in [-0.4, -0.2) is 66.9 Å². The smallest absolute Gasteiger partial charge is 0.490 e. The van der Waals surface area contributed by atoms with E-state index in [0.29, 0.717) is 34.8 Å². The third-order valence-corrected chi connectivity index (χ3v) is 6.86. The van der Waals surface area contributed by atoms with Crippen molar-refractivity contribution in [3.8, 4) is 11.4 Å². The molecule has 0 bridgehead atoms. The van der Waals surface area contributed by atoms with Crippen LogP contribution in [-0.2, 0) is 17.5 Å². The zero-order chi connectivity index (χ0) is 30.1. The van der Waals surface area contributed by atoms with Gasteiger partial charge in [0.1, 0.15) is 23.7 Å². The predicted molar refractivity (Wildman–Crippen MR) is 132 cm³/mol. The average Bonchev–Trinajstić information content (AvgIpc) is 3.52. The van der Waals surface area contributed by atoms with Crippen molar-refractivity contribution < 1.29 is 45.8 Å². The van der Waals surface area contributed by atoms with Gasteiger partial charge in [-0.25, -0.2) is 14.8 Å². The van der Waals surface area contributed by atoms with Gasteiger partial charge < -0.3 is 23.9 Å². The van der Waals surface area contributed by atoms with E-state index in [0.717, 1.165) is 5.69 Å². The number of rotatable bonds is 5. The Morgan fingerprint density at radius 2 is 1.80 bits per heavy atom. The summed E-state index contributed by atoms with van der Waals surface area (Å²) in [6.45, 7) is 2.75. The van der Waals surface area contributed by atoms with Gasteiger partial charge in [-0.3, -0.25) is 9.59 Å². The number of carboxylic acid groups (broad SMARTS) is 1. The molecule has 4 heterocycles. The molecule has 0 atom stereocenters. The van der Waals surface area contributed by atoms with Crippen molar-refractivity contribution in [1.82, 2.24) is 24.0 Å². The first-order valence-corrected chi connectivity index (χ1v) is 12.4. The van der Waals surface area contributed by atoms with E-state index in [-0.39, 0.29) is 41.6 Å². The van der Waals surface area contributed by atoms with Gasteiger partial charge in [-0.1, -0.05) is 6.07 Å². The second-order valence-corrected chi connectivity index (χ2v) is 9.55. The van der Waals surface area contributed by atoms with E-state index in [1.54, 1.807) is 46.3 Å². The number of carboxylic acids is 1. The Labute approximate surface area is 230 Å². The lowest BCUT2D eigenvalue weighted by Crippen LogP contribution is -2.46. The standard InChI is InChI=1S/C22H18F3N5O3S.C2HF3O2/c1-13-11-29(12-26-13)15-5-6-16-19(31)28(7-8-30(16)20(15)32)9-10-33-17-4-2-3-14-18(17)34-21(27-14)22(23,24)25;3-2(4,5)1(6)7/h2-6,11-12H,7-10H2,1H3;(H,6,7). The minimum absolute atomic E-state index is 0.0841. The number of hydrogen-bond acceptors (Lipinski definition) is 7. The fraction of sp³-hybridized carbons (Fsp3) is 0.292. The molecule has 5 rings (SSSR count). The second kappa shape index (κ2) is 11.2. The van der Waals surface area contributed by atoms with Crippen LogP contribution in [0.25, 0.3) is 15.9 Å². The van der Waals surface area contributed by atoms with Crippen molar-refractivity contribution in [3.63, 3.8) is 0 Å². The van der Waals surface area contributed by atoms with Gasteiger partial charge in [0.2, 0.25) is 0 Å². The molecule has 4 aromatic rings. The normalized spacial score (nSPS) is 13.5. The number of aryl methyl sites for hydroxylation is 1. The van der Waals surface area contributed by atoms with Gasteiger partial charge in [0.05, 0.1) is 28.8 Å². The Hall–Kier alpha value is -4.41. The number of fused-ring (bicyclic) bond motifs is 2. The highest BCUT2D eigenvalue weighted by Gasteiger charge is 2.38. The first kappa shape index (κ1) is 29.6. The Morgan fingerprint density at radius 1 is 1.10 bits per heavy atom. The van der Waals surface area contributed by atoms with Gasteiger partial charge in [0.25, 0.3) is 11.5 Å². The first-order chi connectivity index (χ1) is 19.2. The number of benzene rings is 1. The summed E-state index contributed by atoms with van der Waals surface area (Å²) >= 11 is 0.525. The number of amides is 1. The van der Waals surface area contributed by atoms with Crippen LogP contribution in [0.3, 0.4) is 0 Å². The van der Waals surface area contributed by atoms with Crippen molar-refractivity contribution in [1.29, 1.82) is 0 Å². The SMILES string of the molecule is Cc1cn(-c2ccc3n(c2=O)CCN(CCOc2cccc4nc(C(F)(F)F)sc24)C3=O)cn1.O=C(O)C(F)(F)F. The Morgan fingerprint density at radius 3 is 2.41 bits per heavy atom. The van der Waals surface area contributed by atoms with Gasteiger partial charge in [-0.05, 0) is 31.2 Å². The molecule has 1 amide bonds. The Bertz CT molecular complexity index is 1660. The second-order valence-electron chi connectivity index (χ2n) is 8.55. The summed E-state index contributed by atoms with van der Waals surface area (Å²) in [6, 6.07) is 7.85. The molecule has 0 aliphatic carbocycles. The largest absolute Gasteiger partial charge is 0.490 e. The van der Waals surface area contributed by atoms with E-state index in [1.165, 1.54) is 10.6 Å². The number of alkyl halides is 6. The van der Waals surface area contributed by atoms with Crippen molar-refractivity contribution in [2.75, 3.05) is 19.7 Å². The molecule has 41 heavy (non-hydrogen) atoms. The number of nitrogens with zero attached hydrogens (tertiary/aromatic N) is 5. The quantitative estimate of drug-likeness (QED) is 0.341. The molecule has 0 saturated heterocycles. The van der Waals surface area contributed by atoms with Crippen LogP contribution in [0.15, 0.2) is 47.7 Å². The maximum atomic E-state index is 13.0. The lowest BCUT2D eigenvalue weighted by Gasteiger charge is -2.29. The van der Waals surface area contributed by atoms with Crippen molar-refractivity contribution >= 4 is 33.4 Å². The summed E-state index contributed by atoms with van der Waals surface area (Å²) in [6.07, 6.45) is -6.32. The van der Waals surface area contributed by atoms with E-state index in [9.17, 15) is 35.9 Å². The van der Waals surface area contributed by atoms with E-state index >= 15 is 0 Å². The lowest BCUT2D eigenvalue weighted by atomic mass is 10.2. The third-order valence-electron chi connectivity index (χ3n) is 5.73. The molecule has 1 aromatic carbocycles. The highest BCUT2D eigenvalue weighted by Crippen LogP contribution is 2.39. The molecule has 1 aliphatic heterocycles. The molecule has 3 aromatic heterocycles. The van der Waals surface area contributed by atoms with Crippen LogP contribution in [0.4, 0.5) is 26.3 Å². The molecule has 1 aliphatic rings. The predicted octanol–water partition coefficient (Wildman–Crippen LogP) is 4.14. The van der Waals surface area contributed by atoms with Crippen LogP contribution in [0.2, 0.25) is 0 Å². The van der Waals surface area contributed by atoms with Crippen molar-refractivity contribution in [2.24, 2.45) is 0 Å². The molecular weight excluding hydrogens is 584 g/mol. The van der Waals surface area contributed by atoms with Gasteiger partial charge >= 0.3 is 18.3 Å². The van der Waals surface area contributed by atoms with Gasteiger partial charge in [0.15, 0.2) is 5.01 Å². The van der Waals surface area contributed by atoms with E-state index in [4.69, 9.17) is 14.6 Å². The number of aliphatic carboxylic acids is 1. The maximum Gasteiger partial charge on any atom is 0.490 e. The Kier molecular flexibility index (Phi) is 8.10. The van der Waals surface area contributed by atoms with Gasteiger partial charge in [-0.2, -0.15) is 26.3 Å². The van der Waals surface area contributed by atoms with Crippen LogP contribution >= 0.6 is 11.3 Å². The topological polar surface area (TPSA) is 120 Å².